The number of aromatic nitrogens is 2. The number of aryl methyl sites for hydroxylation is 1. The summed E-state index contributed by atoms with van der Waals surface area (Å²) in [6.45, 7) is 10.2. The molecule has 0 radical (unpaired) electrons. The summed E-state index contributed by atoms with van der Waals surface area (Å²) >= 11 is 0. The van der Waals surface area contributed by atoms with Crippen molar-refractivity contribution in [2.45, 2.75) is 58.8 Å². The Labute approximate surface area is 209 Å². The molecule has 2 heterocycles. The Balaban J connectivity index is 1.44. The van der Waals surface area contributed by atoms with Crippen LogP contribution < -0.4 is 11.1 Å². The highest BCUT2D eigenvalue weighted by atomic mass is 16.5. The number of nitrogen functional groups attached to an aromatic ring is 1. The lowest BCUT2D eigenvalue weighted by atomic mass is 10.0. The number of nitrogens with one attached hydrogen (secondary N) is 1. The third kappa shape index (κ3) is 9.45. The first-order valence-corrected chi connectivity index (χ1v) is 13.0. The average molecular weight is 484 g/mol. The second kappa shape index (κ2) is 14.6. The van der Waals surface area contributed by atoms with Gasteiger partial charge in [-0.05, 0) is 43.9 Å². The number of nitrogens with zero attached hydrogens (tertiary/aromatic N) is 3. The van der Waals surface area contributed by atoms with E-state index in [0.29, 0.717) is 19.0 Å². The highest BCUT2D eigenvalue weighted by molar-refractivity contribution is 5.72. The SMILES string of the molecule is CCCCCNc1nc(N)nc(C)c1Cc1ccc(CC(=O)OCCCCN2CCOCC2)cc1. The Morgan fingerprint density at radius 3 is 2.57 bits per heavy atom. The largest absolute Gasteiger partial charge is 0.465 e. The molecule has 3 rings (SSSR count). The lowest BCUT2D eigenvalue weighted by molar-refractivity contribution is -0.142. The Morgan fingerprint density at radius 2 is 1.83 bits per heavy atom. The number of hydrogen-bond acceptors (Lipinski definition) is 8. The number of carbonyl (C=O) groups is 1. The third-order valence-electron chi connectivity index (χ3n) is 6.29. The smallest absolute Gasteiger partial charge is 0.310 e. The van der Waals surface area contributed by atoms with Crippen LogP contribution in [0.3, 0.4) is 0 Å². The van der Waals surface area contributed by atoms with Gasteiger partial charge in [-0.2, -0.15) is 4.98 Å². The van der Waals surface area contributed by atoms with Crippen LogP contribution in [0.2, 0.25) is 0 Å². The Morgan fingerprint density at radius 1 is 1.09 bits per heavy atom. The molecule has 2 aromatic rings. The molecule has 0 saturated carbocycles. The molecule has 1 saturated heterocycles. The summed E-state index contributed by atoms with van der Waals surface area (Å²) in [6.07, 6.45) is 6.37. The van der Waals surface area contributed by atoms with Crippen molar-refractivity contribution >= 4 is 17.7 Å². The van der Waals surface area contributed by atoms with Gasteiger partial charge < -0.3 is 20.5 Å². The van der Waals surface area contributed by atoms with Gasteiger partial charge in [0.2, 0.25) is 5.95 Å². The summed E-state index contributed by atoms with van der Waals surface area (Å²) in [5.74, 6) is 0.928. The van der Waals surface area contributed by atoms with Crippen molar-refractivity contribution in [1.82, 2.24) is 14.9 Å². The molecular weight excluding hydrogens is 442 g/mol. The van der Waals surface area contributed by atoms with E-state index >= 15 is 0 Å². The molecule has 0 spiro atoms. The van der Waals surface area contributed by atoms with Crippen molar-refractivity contribution in [1.29, 1.82) is 0 Å². The van der Waals surface area contributed by atoms with Crippen molar-refractivity contribution in [3.8, 4) is 0 Å². The number of unbranched alkanes of at least 4 members (excludes halogenated alkanes) is 3. The van der Waals surface area contributed by atoms with Crippen molar-refractivity contribution < 1.29 is 14.3 Å². The predicted octanol–water partition coefficient (Wildman–Crippen LogP) is 3.76. The van der Waals surface area contributed by atoms with Crippen molar-refractivity contribution in [2.24, 2.45) is 0 Å². The average Bonchev–Trinajstić information content (AvgIpc) is 2.85. The van der Waals surface area contributed by atoms with E-state index in [4.69, 9.17) is 15.2 Å². The molecule has 0 aliphatic carbocycles. The number of ether oxygens (including phenoxy) is 2. The zero-order valence-corrected chi connectivity index (χ0v) is 21.4. The van der Waals surface area contributed by atoms with Crippen LogP contribution in [-0.4, -0.2) is 66.8 Å². The molecular formula is C27H41N5O3. The molecule has 1 aliphatic heterocycles. The van der Waals surface area contributed by atoms with Gasteiger partial charge in [-0.3, -0.25) is 9.69 Å². The van der Waals surface area contributed by atoms with Crippen LogP contribution in [0.1, 0.15) is 61.4 Å². The summed E-state index contributed by atoms with van der Waals surface area (Å²) in [5, 5.41) is 3.43. The van der Waals surface area contributed by atoms with Crippen LogP contribution in [0.4, 0.5) is 11.8 Å². The highest BCUT2D eigenvalue weighted by Gasteiger charge is 2.13. The molecule has 0 bridgehead atoms. The fourth-order valence-corrected chi connectivity index (χ4v) is 4.20. The van der Waals surface area contributed by atoms with Crippen molar-refractivity contribution in [3.05, 3.63) is 46.6 Å². The topological polar surface area (TPSA) is 103 Å². The van der Waals surface area contributed by atoms with Gasteiger partial charge in [0.15, 0.2) is 0 Å². The van der Waals surface area contributed by atoms with E-state index in [-0.39, 0.29) is 12.4 Å². The van der Waals surface area contributed by atoms with E-state index in [1.165, 1.54) is 12.8 Å². The van der Waals surface area contributed by atoms with Gasteiger partial charge in [0.05, 0.1) is 26.2 Å². The van der Waals surface area contributed by atoms with E-state index in [0.717, 1.165) is 86.9 Å². The quantitative estimate of drug-likeness (QED) is 0.309. The molecule has 0 atom stereocenters. The summed E-state index contributed by atoms with van der Waals surface area (Å²) in [6, 6.07) is 8.11. The van der Waals surface area contributed by atoms with Gasteiger partial charge in [0.1, 0.15) is 5.82 Å². The molecule has 0 amide bonds. The first-order chi connectivity index (χ1) is 17.0. The number of anilines is 2. The van der Waals surface area contributed by atoms with Crippen molar-refractivity contribution in [3.63, 3.8) is 0 Å². The van der Waals surface area contributed by atoms with Crippen LogP contribution in [0.25, 0.3) is 0 Å². The first kappa shape index (κ1) is 26.9. The van der Waals surface area contributed by atoms with E-state index in [9.17, 15) is 4.79 Å². The van der Waals surface area contributed by atoms with Crippen molar-refractivity contribution in [2.75, 3.05) is 57.1 Å². The Kier molecular flexibility index (Phi) is 11.2. The van der Waals surface area contributed by atoms with Gasteiger partial charge in [0.25, 0.3) is 0 Å². The molecule has 8 heteroatoms. The highest BCUT2D eigenvalue weighted by Crippen LogP contribution is 2.22. The van der Waals surface area contributed by atoms with Gasteiger partial charge >= 0.3 is 5.97 Å². The lowest BCUT2D eigenvalue weighted by Crippen LogP contribution is -2.36. The Bertz CT molecular complexity index is 914. The molecule has 0 unspecified atom stereocenters. The maximum Gasteiger partial charge on any atom is 0.310 e. The van der Waals surface area contributed by atoms with E-state index < -0.39 is 0 Å². The summed E-state index contributed by atoms with van der Waals surface area (Å²) in [7, 11) is 0. The minimum absolute atomic E-state index is 0.175. The van der Waals surface area contributed by atoms with E-state index in [1.54, 1.807) is 0 Å². The lowest BCUT2D eigenvalue weighted by Gasteiger charge is -2.26. The summed E-state index contributed by atoms with van der Waals surface area (Å²) < 4.78 is 10.8. The van der Waals surface area contributed by atoms with E-state index in [1.807, 2.05) is 19.1 Å². The minimum Gasteiger partial charge on any atom is -0.465 e. The normalized spacial score (nSPS) is 14.1. The first-order valence-electron chi connectivity index (χ1n) is 13.0. The summed E-state index contributed by atoms with van der Waals surface area (Å²) in [4.78, 5) is 23.4. The zero-order chi connectivity index (χ0) is 24.9. The third-order valence-corrected chi connectivity index (χ3v) is 6.29. The number of nitrogens with two attached hydrogens (primary N) is 1. The molecule has 192 valence electrons. The number of benzene rings is 1. The van der Waals surface area contributed by atoms with Crippen LogP contribution in [0, 0.1) is 6.92 Å². The van der Waals surface area contributed by atoms with Gasteiger partial charge in [-0.1, -0.05) is 44.0 Å². The molecule has 1 aromatic carbocycles. The Hall–Kier alpha value is -2.71. The predicted molar refractivity (Wildman–Crippen MR) is 140 cm³/mol. The zero-order valence-electron chi connectivity index (χ0n) is 21.4. The fourth-order valence-electron chi connectivity index (χ4n) is 4.20. The molecule has 1 fully saturated rings. The number of hydrogen-bond donors (Lipinski definition) is 2. The van der Waals surface area contributed by atoms with Gasteiger partial charge in [0, 0.05) is 37.3 Å². The second-order valence-electron chi connectivity index (χ2n) is 9.18. The maximum absolute atomic E-state index is 12.2. The number of carbonyl (C=O) groups excluding carboxylic acids is 1. The van der Waals surface area contributed by atoms with Gasteiger partial charge in [-0.15, -0.1) is 0 Å². The molecule has 1 aliphatic rings. The number of morpholine rings is 1. The number of rotatable bonds is 14. The van der Waals surface area contributed by atoms with Crippen LogP contribution in [0.5, 0.6) is 0 Å². The van der Waals surface area contributed by atoms with Crippen LogP contribution >= 0.6 is 0 Å². The monoisotopic (exact) mass is 483 g/mol. The minimum atomic E-state index is -0.175. The summed E-state index contributed by atoms with van der Waals surface area (Å²) in [5.41, 5.74) is 9.92. The second-order valence-corrected chi connectivity index (χ2v) is 9.18. The van der Waals surface area contributed by atoms with Gasteiger partial charge in [-0.25, -0.2) is 4.98 Å². The number of esters is 1. The molecule has 8 nitrogen and oxygen atoms in total. The molecule has 3 N–H and O–H groups in total. The molecule has 1 aromatic heterocycles. The van der Waals surface area contributed by atoms with E-state index in [2.05, 4.69) is 39.2 Å². The standard InChI is InChI=1S/C27H41N5O3/c1-3-4-5-12-29-26-24(21(2)30-27(28)31-26)19-22-8-10-23(11-9-22)20-25(33)35-16-7-6-13-32-14-17-34-18-15-32/h8-11H,3-7,12-20H2,1-2H3,(H3,28,29,30,31). The fraction of sp³-hybridized carbons (Fsp3) is 0.593. The maximum atomic E-state index is 12.2. The molecule has 35 heavy (non-hydrogen) atoms. The van der Waals surface area contributed by atoms with Crippen LogP contribution in [0.15, 0.2) is 24.3 Å². The van der Waals surface area contributed by atoms with Crippen LogP contribution in [-0.2, 0) is 27.1 Å².